The molecule has 0 saturated carbocycles. The quantitative estimate of drug-likeness (QED) is 0.245. The number of esters is 4. The van der Waals surface area contributed by atoms with E-state index in [9.17, 15) is 24.0 Å². The lowest BCUT2D eigenvalue weighted by Gasteiger charge is -2.47. The lowest BCUT2D eigenvalue weighted by molar-refractivity contribution is -0.288. The van der Waals surface area contributed by atoms with Crippen LogP contribution in [0.4, 0.5) is 0 Å². The molecule has 1 N–H and O–H groups in total. The maximum Gasteiger partial charge on any atom is 0.367 e. The smallest absolute Gasteiger partial charge is 0.367 e. The van der Waals surface area contributed by atoms with E-state index in [0.717, 1.165) is 27.9 Å². The first kappa shape index (κ1) is 27.8. The number of hydrogen-bond donors (Lipinski definition) is 1. The van der Waals surface area contributed by atoms with Gasteiger partial charge in [-0.25, -0.2) is 4.79 Å². The Balaban J connectivity index is 3.52. The van der Waals surface area contributed by atoms with Crippen LogP contribution in [0.5, 0.6) is 0 Å². The zero-order chi connectivity index (χ0) is 24.6. The van der Waals surface area contributed by atoms with E-state index in [1.165, 1.54) is 14.0 Å². The van der Waals surface area contributed by atoms with E-state index in [2.05, 4.69) is 21.2 Å². The van der Waals surface area contributed by atoms with Gasteiger partial charge in [0.05, 0.1) is 18.0 Å². The van der Waals surface area contributed by atoms with Crippen LogP contribution in [0.2, 0.25) is 0 Å². The number of hydrogen-bond acceptors (Lipinski definition) is 11. The van der Waals surface area contributed by atoms with Gasteiger partial charge >= 0.3 is 23.9 Å². The molecule has 1 saturated heterocycles. The summed E-state index contributed by atoms with van der Waals surface area (Å²) in [6.07, 6.45) is -3.91. The van der Waals surface area contributed by atoms with Gasteiger partial charge in [-0.15, -0.1) is 0 Å². The Kier molecular flexibility index (Phi) is 10.5. The summed E-state index contributed by atoms with van der Waals surface area (Å²) in [5.74, 6) is -5.50. The van der Waals surface area contributed by atoms with Gasteiger partial charge < -0.3 is 33.7 Å². The summed E-state index contributed by atoms with van der Waals surface area (Å²) >= 11 is 3.33. The van der Waals surface area contributed by atoms with Crippen molar-refractivity contribution in [3.8, 4) is 0 Å². The van der Waals surface area contributed by atoms with E-state index in [1.54, 1.807) is 0 Å². The van der Waals surface area contributed by atoms with Crippen LogP contribution in [0, 0.1) is 0 Å². The summed E-state index contributed by atoms with van der Waals surface area (Å²) in [7, 11) is 2.34. The lowest BCUT2D eigenvalue weighted by atomic mass is 9.90. The molecule has 0 bridgehead atoms. The van der Waals surface area contributed by atoms with Crippen molar-refractivity contribution in [2.45, 2.75) is 69.1 Å². The van der Waals surface area contributed by atoms with E-state index in [-0.39, 0.29) is 6.42 Å². The fraction of sp³-hybridized carbons (Fsp3) is 0.737. The van der Waals surface area contributed by atoms with Crippen molar-refractivity contribution in [1.29, 1.82) is 0 Å². The normalized spacial score (nSPS) is 26.8. The van der Waals surface area contributed by atoms with Crippen molar-refractivity contribution >= 4 is 45.7 Å². The molecule has 0 spiro atoms. The summed E-state index contributed by atoms with van der Waals surface area (Å²) in [6, 6.07) is -0.829. The van der Waals surface area contributed by atoms with Crippen LogP contribution in [-0.2, 0) is 52.4 Å². The molecule has 0 radical (unpaired) electrons. The molecule has 0 aromatic heterocycles. The van der Waals surface area contributed by atoms with Crippen LogP contribution >= 0.6 is 15.9 Å². The third-order valence-electron chi connectivity index (χ3n) is 4.50. The van der Waals surface area contributed by atoms with E-state index in [1.807, 2.05) is 0 Å². The number of carbonyl (C=O) groups is 5. The van der Waals surface area contributed by atoms with Gasteiger partial charge in [0.25, 0.3) is 5.79 Å². The van der Waals surface area contributed by atoms with Gasteiger partial charge in [0.2, 0.25) is 5.91 Å². The molecule has 1 heterocycles. The standard InChI is InChI=1S/C19H28BrNO11/c1-9(22)21-13-7-15(20)19(28-6,18(26)27-5)32-16(13)17(31-12(4)25)14(30-11(3)24)8-29-10(2)23/h13-17H,7-8H2,1-6H3,(H,21,22)/t13-,14-,15+,16-,17-,19-/m1/s1. The SMILES string of the molecule is COC(=O)[C@]1(OC)O[C@@H]([C@H](OC(C)=O)[C@@H](COC(C)=O)OC(C)=O)[C@H](NC(C)=O)C[C@@H]1Br. The number of halogens is 1. The zero-order valence-corrected chi connectivity index (χ0v) is 20.3. The number of alkyl halides is 1. The number of amides is 1. The van der Waals surface area contributed by atoms with Crippen molar-refractivity contribution in [3.63, 3.8) is 0 Å². The third-order valence-corrected chi connectivity index (χ3v) is 5.48. The summed E-state index contributed by atoms with van der Waals surface area (Å²) in [5, 5.41) is 2.67. The fourth-order valence-electron chi connectivity index (χ4n) is 3.30. The monoisotopic (exact) mass is 525 g/mol. The molecule has 1 fully saturated rings. The van der Waals surface area contributed by atoms with Gasteiger partial charge in [0, 0.05) is 34.8 Å². The molecule has 32 heavy (non-hydrogen) atoms. The number of ether oxygens (including phenoxy) is 6. The van der Waals surface area contributed by atoms with Crippen LogP contribution in [0.25, 0.3) is 0 Å². The first-order valence-corrected chi connectivity index (χ1v) is 10.5. The van der Waals surface area contributed by atoms with Crippen LogP contribution in [0.1, 0.15) is 34.1 Å². The summed E-state index contributed by atoms with van der Waals surface area (Å²) < 4.78 is 31.7. The molecule has 0 aliphatic carbocycles. The highest BCUT2D eigenvalue weighted by atomic mass is 79.9. The molecule has 6 atom stereocenters. The van der Waals surface area contributed by atoms with E-state index in [0.29, 0.717) is 0 Å². The number of methoxy groups -OCH3 is 2. The Morgan fingerprint density at radius 1 is 1.03 bits per heavy atom. The number of carbonyl (C=O) groups excluding carboxylic acids is 5. The second-order valence-corrected chi connectivity index (χ2v) is 8.09. The average Bonchev–Trinajstić information content (AvgIpc) is 2.68. The molecular weight excluding hydrogens is 498 g/mol. The van der Waals surface area contributed by atoms with E-state index >= 15 is 0 Å². The Morgan fingerprint density at radius 3 is 2.06 bits per heavy atom. The Hall–Kier alpha value is -2.25. The van der Waals surface area contributed by atoms with Gasteiger partial charge in [-0.05, 0) is 6.42 Å². The topological polar surface area (TPSA) is 153 Å². The maximum absolute atomic E-state index is 12.6. The fourth-order valence-corrected chi connectivity index (χ4v) is 4.19. The number of nitrogens with one attached hydrogen (secondary N) is 1. The van der Waals surface area contributed by atoms with Crippen LogP contribution in [0.3, 0.4) is 0 Å². The second kappa shape index (κ2) is 12.1. The van der Waals surface area contributed by atoms with Gasteiger partial charge in [-0.3, -0.25) is 19.2 Å². The minimum absolute atomic E-state index is 0.0747. The second-order valence-electron chi connectivity index (χ2n) is 6.98. The largest absolute Gasteiger partial charge is 0.465 e. The number of rotatable bonds is 9. The molecule has 1 rings (SSSR count). The molecule has 13 heteroatoms. The van der Waals surface area contributed by atoms with Crippen molar-refractivity contribution in [1.82, 2.24) is 5.32 Å². The van der Waals surface area contributed by atoms with Gasteiger partial charge in [-0.2, -0.15) is 0 Å². The Morgan fingerprint density at radius 2 is 1.62 bits per heavy atom. The van der Waals surface area contributed by atoms with Gasteiger partial charge in [0.15, 0.2) is 12.2 Å². The zero-order valence-electron chi connectivity index (χ0n) is 18.7. The van der Waals surface area contributed by atoms with Crippen LogP contribution in [0.15, 0.2) is 0 Å². The van der Waals surface area contributed by atoms with Crippen molar-refractivity contribution < 1.29 is 52.4 Å². The third kappa shape index (κ3) is 7.14. The summed E-state index contributed by atoms with van der Waals surface area (Å²) in [5.41, 5.74) is 0. The molecule has 0 aromatic rings. The van der Waals surface area contributed by atoms with Crippen LogP contribution in [-0.4, -0.2) is 85.6 Å². The first-order valence-electron chi connectivity index (χ1n) is 9.58. The summed E-state index contributed by atoms with van der Waals surface area (Å²) in [4.78, 5) is 58.5. The molecule has 1 amide bonds. The predicted molar refractivity (Wildman–Crippen MR) is 109 cm³/mol. The highest BCUT2D eigenvalue weighted by molar-refractivity contribution is 9.09. The first-order chi connectivity index (χ1) is 14.9. The highest BCUT2D eigenvalue weighted by Gasteiger charge is 2.58. The molecule has 1 aliphatic heterocycles. The minimum atomic E-state index is -1.98. The molecule has 182 valence electrons. The van der Waals surface area contributed by atoms with Crippen molar-refractivity contribution in [2.24, 2.45) is 0 Å². The molecule has 12 nitrogen and oxygen atoms in total. The Labute approximate surface area is 193 Å². The maximum atomic E-state index is 12.6. The molecular formula is C19H28BrNO11. The van der Waals surface area contributed by atoms with Gasteiger partial charge in [-0.1, -0.05) is 15.9 Å². The molecule has 1 aliphatic rings. The molecule has 0 unspecified atom stereocenters. The van der Waals surface area contributed by atoms with Gasteiger partial charge in [0.1, 0.15) is 12.7 Å². The van der Waals surface area contributed by atoms with Crippen molar-refractivity contribution in [2.75, 3.05) is 20.8 Å². The van der Waals surface area contributed by atoms with E-state index in [4.69, 9.17) is 28.4 Å². The highest BCUT2D eigenvalue weighted by Crippen LogP contribution is 2.38. The molecule has 0 aromatic carbocycles. The minimum Gasteiger partial charge on any atom is -0.465 e. The van der Waals surface area contributed by atoms with E-state index < -0.39 is 71.4 Å². The van der Waals surface area contributed by atoms with Crippen LogP contribution < -0.4 is 5.32 Å². The summed E-state index contributed by atoms with van der Waals surface area (Å²) in [6.45, 7) is 4.15. The predicted octanol–water partition coefficient (Wildman–Crippen LogP) is -0.0143. The average molecular weight is 526 g/mol. The Bertz CT molecular complexity index is 730. The lowest BCUT2D eigenvalue weighted by Crippen LogP contribution is -2.67. The van der Waals surface area contributed by atoms with Crippen molar-refractivity contribution in [3.05, 3.63) is 0 Å².